The molecule has 1 aromatic rings. The van der Waals surface area contributed by atoms with Crippen LogP contribution in [0, 0.1) is 13.8 Å². The number of hydrogen-bond donors (Lipinski definition) is 0. The van der Waals surface area contributed by atoms with Crippen molar-refractivity contribution in [3.63, 3.8) is 0 Å². The summed E-state index contributed by atoms with van der Waals surface area (Å²) in [6, 6.07) is 2.66. The van der Waals surface area contributed by atoms with Gasteiger partial charge in [0.25, 0.3) is 9.05 Å². The molecule has 0 atom stereocenters. The number of aryl methyl sites for hydroxylation is 1. The van der Waals surface area contributed by atoms with E-state index in [9.17, 15) is 13.2 Å². The molecule has 0 bridgehead atoms. The fourth-order valence-corrected chi connectivity index (χ4v) is 2.52. The molecule has 118 valence electrons. The van der Waals surface area contributed by atoms with Crippen LogP contribution in [0.25, 0.3) is 0 Å². The molecule has 0 aliphatic heterocycles. The van der Waals surface area contributed by atoms with Crippen LogP contribution in [0.1, 0.15) is 35.3 Å². The molecule has 0 aliphatic rings. The van der Waals surface area contributed by atoms with Gasteiger partial charge in [0.1, 0.15) is 6.61 Å². The number of esters is 1. The fraction of sp³-hybridized carbons (Fsp3) is 0.500. The van der Waals surface area contributed by atoms with Gasteiger partial charge in [-0.25, -0.2) is 13.2 Å². The third-order valence-electron chi connectivity index (χ3n) is 2.91. The molecule has 0 N–H and O–H groups in total. The Labute approximate surface area is 129 Å². The summed E-state index contributed by atoms with van der Waals surface area (Å²) in [4.78, 5) is 11.9. The maximum atomic E-state index is 12.0. The van der Waals surface area contributed by atoms with Crippen molar-refractivity contribution in [2.45, 2.75) is 38.7 Å². The van der Waals surface area contributed by atoms with Gasteiger partial charge >= 0.3 is 5.97 Å². The van der Waals surface area contributed by atoms with E-state index in [1.54, 1.807) is 13.8 Å². The first kappa shape index (κ1) is 17.9. The molecule has 21 heavy (non-hydrogen) atoms. The average Bonchev–Trinajstić information content (AvgIpc) is 2.35. The smallest absolute Gasteiger partial charge is 0.338 e. The van der Waals surface area contributed by atoms with Gasteiger partial charge in [0.15, 0.2) is 0 Å². The van der Waals surface area contributed by atoms with Crippen LogP contribution in [0.5, 0.6) is 0 Å². The number of carbonyl (C=O) groups excluding carboxylic acids is 1. The van der Waals surface area contributed by atoms with Crippen LogP contribution in [-0.2, 0) is 18.5 Å². The molecule has 0 saturated carbocycles. The standard InChI is InChI=1S/C14H19ClO5S/c1-9(2)19-5-6-20-14(16)13-8-12(21(15,17)18)7-10(3)11(13)4/h7-9H,5-6H2,1-4H3. The van der Waals surface area contributed by atoms with Gasteiger partial charge in [-0.3, -0.25) is 0 Å². The highest BCUT2D eigenvalue weighted by Gasteiger charge is 2.18. The Morgan fingerprint density at radius 1 is 1.24 bits per heavy atom. The molecule has 0 unspecified atom stereocenters. The van der Waals surface area contributed by atoms with Crippen LogP contribution in [0.15, 0.2) is 17.0 Å². The number of rotatable bonds is 6. The zero-order valence-electron chi connectivity index (χ0n) is 12.5. The van der Waals surface area contributed by atoms with Gasteiger partial charge in [-0.2, -0.15) is 0 Å². The lowest BCUT2D eigenvalue weighted by Crippen LogP contribution is -2.15. The molecule has 0 aliphatic carbocycles. The first-order chi connectivity index (χ1) is 9.62. The summed E-state index contributed by atoms with van der Waals surface area (Å²) in [5, 5.41) is 0. The van der Waals surface area contributed by atoms with Crippen molar-refractivity contribution in [3.05, 3.63) is 28.8 Å². The van der Waals surface area contributed by atoms with E-state index in [1.807, 2.05) is 13.8 Å². The summed E-state index contributed by atoms with van der Waals surface area (Å²) in [6.07, 6.45) is 0.0531. The van der Waals surface area contributed by atoms with E-state index in [1.165, 1.54) is 12.1 Å². The van der Waals surface area contributed by atoms with E-state index in [2.05, 4.69) is 0 Å². The predicted octanol–water partition coefficient (Wildman–Crippen LogP) is 2.81. The van der Waals surface area contributed by atoms with Crippen molar-refractivity contribution in [1.29, 1.82) is 0 Å². The molecule has 1 rings (SSSR count). The monoisotopic (exact) mass is 334 g/mol. The van der Waals surface area contributed by atoms with E-state index >= 15 is 0 Å². The third kappa shape index (κ3) is 5.30. The summed E-state index contributed by atoms with van der Waals surface area (Å²) in [5.41, 5.74) is 1.51. The summed E-state index contributed by atoms with van der Waals surface area (Å²) >= 11 is 0. The lowest BCUT2D eigenvalue weighted by molar-refractivity contribution is 0.0176. The Morgan fingerprint density at radius 2 is 1.86 bits per heavy atom. The lowest BCUT2D eigenvalue weighted by atomic mass is 10.0. The van der Waals surface area contributed by atoms with Gasteiger partial charge in [0.2, 0.25) is 0 Å². The normalized spacial score (nSPS) is 11.7. The minimum atomic E-state index is -3.89. The predicted molar refractivity (Wildman–Crippen MR) is 80.3 cm³/mol. The maximum Gasteiger partial charge on any atom is 0.338 e. The molecule has 1 aromatic carbocycles. The highest BCUT2D eigenvalue weighted by atomic mass is 35.7. The van der Waals surface area contributed by atoms with Crippen molar-refractivity contribution >= 4 is 25.7 Å². The Morgan fingerprint density at radius 3 is 2.38 bits per heavy atom. The topological polar surface area (TPSA) is 69.7 Å². The van der Waals surface area contributed by atoms with E-state index in [0.717, 1.165) is 0 Å². The highest BCUT2D eigenvalue weighted by Crippen LogP contribution is 2.23. The lowest BCUT2D eigenvalue weighted by Gasteiger charge is -2.12. The zero-order valence-corrected chi connectivity index (χ0v) is 14.0. The van der Waals surface area contributed by atoms with Gasteiger partial charge < -0.3 is 9.47 Å². The molecule has 0 heterocycles. The minimum Gasteiger partial charge on any atom is -0.460 e. The number of ether oxygens (including phenoxy) is 2. The summed E-state index contributed by atoms with van der Waals surface area (Å²) < 4.78 is 33.1. The number of halogens is 1. The molecule has 0 radical (unpaired) electrons. The molecule has 5 nitrogen and oxygen atoms in total. The summed E-state index contributed by atoms with van der Waals surface area (Å²) in [5.74, 6) is -0.592. The Kier molecular flexibility index (Phi) is 6.19. The summed E-state index contributed by atoms with van der Waals surface area (Å²) in [6.45, 7) is 7.58. The van der Waals surface area contributed by atoms with Crippen LogP contribution in [0.4, 0.5) is 0 Å². The first-order valence-electron chi connectivity index (χ1n) is 6.47. The third-order valence-corrected chi connectivity index (χ3v) is 4.24. The van der Waals surface area contributed by atoms with Gasteiger partial charge in [0.05, 0.1) is 23.2 Å². The number of hydrogen-bond acceptors (Lipinski definition) is 5. The van der Waals surface area contributed by atoms with Gasteiger partial charge in [0, 0.05) is 10.7 Å². The van der Waals surface area contributed by atoms with Crippen LogP contribution in [0.2, 0.25) is 0 Å². The molecule has 0 amide bonds. The van der Waals surface area contributed by atoms with Gasteiger partial charge in [-0.1, -0.05) is 0 Å². The molecule has 0 fully saturated rings. The second-order valence-electron chi connectivity index (χ2n) is 4.91. The van der Waals surface area contributed by atoms with Crippen LogP contribution in [-0.4, -0.2) is 33.7 Å². The van der Waals surface area contributed by atoms with Crippen molar-refractivity contribution in [3.8, 4) is 0 Å². The molecule has 0 spiro atoms. The largest absolute Gasteiger partial charge is 0.460 e. The molecular formula is C14H19ClO5S. The summed E-state index contributed by atoms with van der Waals surface area (Å²) in [7, 11) is 1.43. The van der Waals surface area contributed by atoms with E-state index in [-0.39, 0.29) is 29.8 Å². The van der Waals surface area contributed by atoms with Crippen LogP contribution < -0.4 is 0 Å². The van der Waals surface area contributed by atoms with E-state index in [4.69, 9.17) is 20.2 Å². The van der Waals surface area contributed by atoms with Crippen molar-refractivity contribution in [1.82, 2.24) is 0 Å². The zero-order chi connectivity index (χ0) is 16.2. The Balaban J connectivity index is 2.91. The molecule has 0 saturated heterocycles. The number of carbonyl (C=O) groups is 1. The highest BCUT2D eigenvalue weighted by molar-refractivity contribution is 8.13. The average molecular weight is 335 g/mol. The molecule has 7 heteroatoms. The molecular weight excluding hydrogens is 316 g/mol. The van der Waals surface area contributed by atoms with E-state index < -0.39 is 15.0 Å². The fourth-order valence-electron chi connectivity index (χ4n) is 1.67. The van der Waals surface area contributed by atoms with Crippen molar-refractivity contribution < 1.29 is 22.7 Å². The van der Waals surface area contributed by atoms with E-state index in [0.29, 0.717) is 11.1 Å². The molecule has 0 aromatic heterocycles. The minimum absolute atomic E-state index is 0.0531. The quantitative estimate of drug-likeness (QED) is 0.454. The maximum absolute atomic E-state index is 12.0. The Bertz CT molecular complexity index is 622. The Hall–Kier alpha value is -1.11. The second kappa shape index (κ2) is 7.24. The van der Waals surface area contributed by atoms with Gasteiger partial charge in [-0.15, -0.1) is 0 Å². The van der Waals surface area contributed by atoms with Crippen molar-refractivity contribution in [2.24, 2.45) is 0 Å². The SMILES string of the molecule is Cc1cc(S(=O)(=O)Cl)cc(C(=O)OCCOC(C)C)c1C. The van der Waals surface area contributed by atoms with Crippen LogP contribution in [0.3, 0.4) is 0 Å². The van der Waals surface area contributed by atoms with Crippen LogP contribution >= 0.6 is 10.7 Å². The number of benzene rings is 1. The van der Waals surface area contributed by atoms with Crippen molar-refractivity contribution in [2.75, 3.05) is 13.2 Å². The van der Waals surface area contributed by atoms with Gasteiger partial charge in [-0.05, 0) is 51.0 Å². The first-order valence-corrected chi connectivity index (χ1v) is 8.78. The second-order valence-corrected chi connectivity index (χ2v) is 7.47.